The lowest BCUT2D eigenvalue weighted by Crippen LogP contribution is -2.26. The third-order valence-electron chi connectivity index (χ3n) is 6.46. The minimum Gasteiger partial charge on any atom is -0.481 e. The van der Waals surface area contributed by atoms with Crippen LogP contribution in [0.15, 0.2) is 90.0 Å². The van der Waals surface area contributed by atoms with Crippen molar-refractivity contribution >= 4 is 34.3 Å². The fraction of sp³-hybridized carbons (Fsp3) is 0.333. The van der Waals surface area contributed by atoms with E-state index in [2.05, 4.69) is 11.5 Å². The number of allylic oxidation sites excluding steroid dienone is 4. The van der Waals surface area contributed by atoms with Gasteiger partial charge in [-0.25, -0.2) is 4.21 Å². The van der Waals surface area contributed by atoms with Gasteiger partial charge in [0.25, 0.3) is 0 Å². The van der Waals surface area contributed by atoms with Crippen LogP contribution in [-0.2, 0) is 26.1 Å². The van der Waals surface area contributed by atoms with E-state index in [9.17, 15) is 18.4 Å². The number of carbonyl (C=O) groups is 2. The summed E-state index contributed by atoms with van der Waals surface area (Å²) in [4.78, 5) is 26.8. The molecule has 0 spiro atoms. The third-order valence-corrected chi connectivity index (χ3v) is 7.12. The molecule has 0 aromatic heterocycles. The van der Waals surface area contributed by atoms with Crippen LogP contribution >= 0.6 is 0 Å². The maximum absolute atomic E-state index is 12.1. The van der Waals surface area contributed by atoms with Gasteiger partial charge in [-0.15, -0.1) is 0 Å². The predicted octanol–water partition coefficient (Wildman–Crippen LogP) is 6.31. The summed E-state index contributed by atoms with van der Waals surface area (Å²) in [5, 5.41) is 8.84. The number of benzene rings is 2. The van der Waals surface area contributed by atoms with Crippen molar-refractivity contribution in [2.75, 3.05) is 23.4 Å². The van der Waals surface area contributed by atoms with E-state index in [4.69, 9.17) is 5.11 Å². The molecule has 1 unspecified atom stereocenters. The first kappa shape index (κ1) is 30.7. The van der Waals surface area contributed by atoms with E-state index in [-0.39, 0.29) is 12.3 Å². The zero-order chi connectivity index (χ0) is 28.3. The van der Waals surface area contributed by atoms with Crippen molar-refractivity contribution in [2.24, 2.45) is 0 Å². The first-order chi connectivity index (χ1) is 17.9. The number of aliphatic carboxylic acids is 1. The van der Waals surface area contributed by atoms with E-state index in [1.54, 1.807) is 29.3 Å². The molecule has 2 aromatic carbocycles. The number of unbranched alkanes of at least 4 members (excludes halogenated alkanes) is 2. The first-order valence-corrected chi connectivity index (χ1v) is 13.6. The van der Waals surface area contributed by atoms with Gasteiger partial charge in [0.15, 0.2) is 11.1 Å². The molecular weight excluding hydrogens is 500 g/mol. The fourth-order valence-electron chi connectivity index (χ4n) is 4.03. The number of para-hydroxylation sites is 1. The number of carboxylic acids is 1. The molecule has 0 fully saturated rings. The number of rotatable bonds is 14. The topological polar surface area (TPSA) is 98.2 Å². The molecule has 1 atom stereocenters. The summed E-state index contributed by atoms with van der Waals surface area (Å²) >= 11 is -2.13. The second kappa shape index (κ2) is 14.4. The summed E-state index contributed by atoms with van der Waals surface area (Å²) in [6.07, 6.45) is 9.60. The van der Waals surface area contributed by atoms with Crippen LogP contribution in [0, 0.1) is 0 Å². The van der Waals surface area contributed by atoms with Crippen molar-refractivity contribution in [1.29, 1.82) is 0 Å². The van der Waals surface area contributed by atoms with Crippen LogP contribution in [0.3, 0.4) is 0 Å². The van der Waals surface area contributed by atoms with Crippen molar-refractivity contribution in [2.45, 2.75) is 56.8 Å². The Hall–Kier alpha value is -3.49. The number of anilines is 2. The quantitative estimate of drug-likeness (QED) is 0.166. The Labute approximate surface area is 228 Å². The molecule has 2 rings (SSSR count). The molecule has 2 N–H and O–H groups in total. The Kier molecular flexibility index (Phi) is 11.7. The molecule has 0 saturated heterocycles. The molecule has 8 heteroatoms. The SMILES string of the molecule is C=C(/C=C/C=C/N(C(C)=O)c1ccccc1)C(C)(C)c1cc(S(=O)O)ccc1N(C)CCCCCC(=O)O. The highest BCUT2D eigenvalue weighted by atomic mass is 32.2. The van der Waals surface area contributed by atoms with Crippen LogP contribution in [0.4, 0.5) is 11.4 Å². The molecule has 2 aromatic rings. The standard InChI is InChI=1S/C30H38N2O5S/c1-23(14-11-13-21-32(24(2)33)25-15-8-6-9-16-25)30(3,4)27-22-26(38(36)37)18-19-28(27)31(5)20-12-7-10-17-29(34)35/h6,8-9,11,13-16,18-19,21-22H,1,7,10,12,17,20H2,2-5H3,(H,34,35)(H,36,37)/b14-11+,21-13+. The van der Waals surface area contributed by atoms with Crippen LogP contribution in [0.25, 0.3) is 0 Å². The largest absolute Gasteiger partial charge is 0.481 e. The number of nitrogens with zero attached hydrogens (tertiary/aromatic N) is 2. The summed E-state index contributed by atoms with van der Waals surface area (Å²) < 4.78 is 21.6. The molecule has 7 nitrogen and oxygen atoms in total. The van der Waals surface area contributed by atoms with Gasteiger partial charge in [0, 0.05) is 49.9 Å². The van der Waals surface area contributed by atoms with Crippen molar-refractivity contribution in [1.82, 2.24) is 0 Å². The zero-order valence-electron chi connectivity index (χ0n) is 22.6. The smallest absolute Gasteiger partial charge is 0.303 e. The van der Waals surface area contributed by atoms with E-state index < -0.39 is 22.5 Å². The third kappa shape index (κ3) is 8.82. The van der Waals surface area contributed by atoms with E-state index >= 15 is 0 Å². The van der Waals surface area contributed by atoms with Crippen molar-refractivity contribution in [3.8, 4) is 0 Å². The Bertz CT molecular complexity index is 1200. The average Bonchev–Trinajstić information content (AvgIpc) is 2.87. The van der Waals surface area contributed by atoms with Gasteiger partial charge in [-0.1, -0.05) is 57.2 Å². The van der Waals surface area contributed by atoms with Crippen LogP contribution in [0.1, 0.15) is 52.0 Å². The van der Waals surface area contributed by atoms with Gasteiger partial charge < -0.3 is 14.6 Å². The molecule has 1 amide bonds. The minimum absolute atomic E-state index is 0.107. The molecule has 204 valence electrons. The highest BCUT2D eigenvalue weighted by molar-refractivity contribution is 7.79. The molecule has 0 aliphatic carbocycles. The van der Waals surface area contributed by atoms with Crippen molar-refractivity contribution < 1.29 is 23.5 Å². The Morgan fingerprint density at radius 1 is 1.05 bits per heavy atom. The fourth-order valence-corrected chi connectivity index (χ4v) is 4.43. The van der Waals surface area contributed by atoms with Gasteiger partial charge in [0.05, 0.1) is 4.90 Å². The second-order valence-electron chi connectivity index (χ2n) is 9.63. The lowest BCUT2D eigenvalue weighted by Gasteiger charge is -2.33. The predicted molar refractivity (Wildman–Crippen MR) is 155 cm³/mol. The first-order valence-electron chi connectivity index (χ1n) is 12.5. The molecule has 0 aliphatic rings. The van der Waals surface area contributed by atoms with Gasteiger partial charge in [-0.05, 0) is 60.4 Å². The molecule has 0 saturated carbocycles. The minimum atomic E-state index is -2.13. The lowest BCUT2D eigenvalue weighted by molar-refractivity contribution is -0.137. The van der Waals surface area contributed by atoms with Gasteiger partial charge >= 0.3 is 5.97 Å². The molecule has 38 heavy (non-hydrogen) atoms. The lowest BCUT2D eigenvalue weighted by atomic mass is 9.77. The highest BCUT2D eigenvalue weighted by Crippen LogP contribution is 2.38. The monoisotopic (exact) mass is 538 g/mol. The molecule has 0 aliphatic heterocycles. The maximum Gasteiger partial charge on any atom is 0.303 e. The van der Waals surface area contributed by atoms with E-state index in [0.29, 0.717) is 11.3 Å². The van der Waals surface area contributed by atoms with E-state index in [0.717, 1.165) is 41.9 Å². The van der Waals surface area contributed by atoms with E-state index in [1.165, 1.54) is 6.92 Å². The number of carbonyl (C=O) groups excluding carboxylic acids is 1. The van der Waals surface area contributed by atoms with Crippen LogP contribution in [-0.4, -0.2) is 39.3 Å². The Morgan fingerprint density at radius 3 is 2.34 bits per heavy atom. The number of amides is 1. The summed E-state index contributed by atoms with van der Waals surface area (Å²) in [7, 11) is 1.96. The summed E-state index contributed by atoms with van der Waals surface area (Å²) in [6.45, 7) is 10.5. The van der Waals surface area contributed by atoms with Gasteiger partial charge in [0.2, 0.25) is 5.91 Å². The summed E-state index contributed by atoms with van der Waals surface area (Å²) in [6, 6.07) is 14.6. The second-order valence-corrected chi connectivity index (χ2v) is 10.6. The molecular formula is C30H38N2O5S. The normalized spacial score (nSPS) is 12.6. The number of carboxylic acid groups (broad SMARTS) is 1. The van der Waals surface area contributed by atoms with Crippen LogP contribution in [0.2, 0.25) is 0 Å². The van der Waals surface area contributed by atoms with Crippen LogP contribution in [0.5, 0.6) is 0 Å². The maximum atomic E-state index is 12.1. The molecule has 0 radical (unpaired) electrons. The van der Waals surface area contributed by atoms with Gasteiger partial charge in [-0.2, -0.15) is 0 Å². The Morgan fingerprint density at radius 2 is 1.74 bits per heavy atom. The van der Waals surface area contributed by atoms with E-state index in [1.807, 2.05) is 69.4 Å². The summed E-state index contributed by atoms with van der Waals surface area (Å²) in [5.74, 6) is -0.894. The number of hydrogen-bond acceptors (Lipinski definition) is 4. The van der Waals surface area contributed by atoms with Gasteiger partial charge in [0.1, 0.15) is 0 Å². The van der Waals surface area contributed by atoms with Gasteiger partial charge in [-0.3, -0.25) is 14.5 Å². The molecule has 0 heterocycles. The zero-order valence-corrected chi connectivity index (χ0v) is 23.4. The van der Waals surface area contributed by atoms with Crippen molar-refractivity contribution in [3.63, 3.8) is 0 Å². The highest BCUT2D eigenvalue weighted by Gasteiger charge is 2.28. The Balaban J connectivity index is 2.24. The van der Waals surface area contributed by atoms with Crippen molar-refractivity contribution in [3.05, 3.63) is 90.7 Å². The summed E-state index contributed by atoms with van der Waals surface area (Å²) in [5.41, 5.74) is 2.76. The van der Waals surface area contributed by atoms with Crippen LogP contribution < -0.4 is 9.80 Å². The molecule has 0 bridgehead atoms. The number of hydrogen-bond donors (Lipinski definition) is 2. The average molecular weight is 539 g/mol.